The molecule has 1 aromatic heterocycles. The van der Waals surface area contributed by atoms with Gasteiger partial charge in [-0.25, -0.2) is 4.98 Å². The van der Waals surface area contributed by atoms with Gasteiger partial charge in [-0.2, -0.15) is 5.10 Å². The molecule has 1 heterocycles. The van der Waals surface area contributed by atoms with Crippen molar-refractivity contribution in [3.63, 3.8) is 0 Å². The second kappa shape index (κ2) is 8.24. The number of hydrogen-bond acceptors (Lipinski definition) is 4. The number of rotatable bonds is 9. The number of aryl methyl sites for hydroxylation is 1. The van der Waals surface area contributed by atoms with Crippen molar-refractivity contribution >= 4 is 0 Å². The Morgan fingerprint density at radius 2 is 2.06 bits per heavy atom. The van der Waals surface area contributed by atoms with E-state index in [0.717, 1.165) is 38.2 Å². The van der Waals surface area contributed by atoms with Gasteiger partial charge >= 0.3 is 0 Å². The summed E-state index contributed by atoms with van der Waals surface area (Å²) in [5.41, 5.74) is 0. The predicted molar refractivity (Wildman–Crippen MR) is 63.1 cm³/mol. The van der Waals surface area contributed by atoms with E-state index in [4.69, 9.17) is 5.11 Å². The normalized spacial score (nSPS) is 10.9. The van der Waals surface area contributed by atoms with Gasteiger partial charge in [0.15, 0.2) is 5.82 Å². The van der Waals surface area contributed by atoms with Crippen molar-refractivity contribution in [1.29, 1.82) is 0 Å². The van der Waals surface area contributed by atoms with Gasteiger partial charge in [-0.05, 0) is 19.4 Å². The lowest BCUT2D eigenvalue weighted by molar-refractivity contribution is 0.282. The van der Waals surface area contributed by atoms with Gasteiger partial charge in [0.1, 0.15) is 6.33 Å². The third kappa shape index (κ3) is 5.82. The Morgan fingerprint density at radius 1 is 1.25 bits per heavy atom. The Hall–Kier alpha value is -0.940. The number of nitrogens with zero attached hydrogens (tertiary/aromatic N) is 3. The van der Waals surface area contributed by atoms with Gasteiger partial charge in [-0.15, -0.1) is 0 Å². The van der Waals surface area contributed by atoms with Crippen LogP contribution in [0.15, 0.2) is 6.33 Å². The molecule has 0 bridgehead atoms. The maximum absolute atomic E-state index is 8.60. The van der Waals surface area contributed by atoms with E-state index in [-0.39, 0.29) is 0 Å². The maximum Gasteiger partial charge on any atom is 0.151 e. The van der Waals surface area contributed by atoms with Crippen molar-refractivity contribution in [1.82, 2.24) is 20.1 Å². The molecule has 0 radical (unpaired) electrons. The lowest BCUT2D eigenvalue weighted by Crippen LogP contribution is -2.19. The van der Waals surface area contributed by atoms with Crippen LogP contribution in [-0.2, 0) is 13.5 Å². The topological polar surface area (TPSA) is 63.0 Å². The maximum atomic E-state index is 8.60. The van der Waals surface area contributed by atoms with E-state index in [1.165, 1.54) is 12.8 Å². The third-order valence-corrected chi connectivity index (χ3v) is 2.43. The molecule has 0 atom stereocenters. The second-order valence-electron chi connectivity index (χ2n) is 3.97. The van der Waals surface area contributed by atoms with Crippen molar-refractivity contribution in [2.75, 3.05) is 19.7 Å². The van der Waals surface area contributed by atoms with E-state index in [2.05, 4.69) is 15.4 Å². The Morgan fingerprint density at radius 3 is 2.75 bits per heavy atom. The lowest BCUT2D eigenvalue weighted by atomic mass is 10.2. The molecule has 1 aromatic rings. The summed E-state index contributed by atoms with van der Waals surface area (Å²) in [6.07, 6.45) is 7.03. The fourth-order valence-corrected chi connectivity index (χ4v) is 1.54. The van der Waals surface area contributed by atoms with Crippen LogP contribution in [0.5, 0.6) is 0 Å². The summed E-state index contributed by atoms with van der Waals surface area (Å²) in [6, 6.07) is 0. The monoisotopic (exact) mass is 226 g/mol. The molecule has 5 nitrogen and oxygen atoms in total. The van der Waals surface area contributed by atoms with Crippen LogP contribution in [-0.4, -0.2) is 39.6 Å². The van der Waals surface area contributed by atoms with Gasteiger partial charge in [0.2, 0.25) is 0 Å². The molecule has 0 spiro atoms. The predicted octanol–water partition coefficient (Wildman–Crippen LogP) is 0.500. The SMILES string of the molecule is Cn1cnc(CCNCCCCCCO)n1. The number of aliphatic hydroxyl groups excluding tert-OH is 1. The lowest BCUT2D eigenvalue weighted by Gasteiger charge is -2.02. The summed E-state index contributed by atoms with van der Waals surface area (Å²) in [6.45, 7) is 2.29. The molecule has 0 amide bonds. The molecule has 1 rings (SSSR count). The molecule has 2 N–H and O–H groups in total. The van der Waals surface area contributed by atoms with E-state index >= 15 is 0 Å². The molecule has 0 saturated heterocycles. The van der Waals surface area contributed by atoms with E-state index < -0.39 is 0 Å². The average molecular weight is 226 g/mol. The molecule has 0 aliphatic carbocycles. The highest BCUT2D eigenvalue weighted by Crippen LogP contribution is 1.97. The Labute approximate surface area is 96.9 Å². The molecule has 0 aliphatic rings. The summed E-state index contributed by atoms with van der Waals surface area (Å²) in [4.78, 5) is 4.16. The number of nitrogens with one attached hydrogen (secondary N) is 1. The molecule has 92 valence electrons. The fraction of sp³-hybridized carbons (Fsp3) is 0.818. The number of aromatic nitrogens is 3. The van der Waals surface area contributed by atoms with E-state index in [0.29, 0.717) is 6.61 Å². The second-order valence-corrected chi connectivity index (χ2v) is 3.97. The van der Waals surface area contributed by atoms with Crippen molar-refractivity contribution in [2.24, 2.45) is 7.05 Å². The number of hydrogen-bond donors (Lipinski definition) is 2. The third-order valence-electron chi connectivity index (χ3n) is 2.43. The van der Waals surface area contributed by atoms with Crippen LogP contribution in [0.4, 0.5) is 0 Å². The van der Waals surface area contributed by atoms with Crippen LogP contribution in [0.25, 0.3) is 0 Å². The molecule has 0 unspecified atom stereocenters. The zero-order chi connectivity index (χ0) is 11.6. The zero-order valence-corrected chi connectivity index (χ0v) is 10.0. The zero-order valence-electron chi connectivity index (χ0n) is 10.0. The van der Waals surface area contributed by atoms with Crippen LogP contribution in [0, 0.1) is 0 Å². The fourth-order valence-electron chi connectivity index (χ4n) is 1.54. The van der Waals surface area contributed by atoms with Gasteiger partial charge in [-0.3, -0.25) is 4.68 Å². The van der Waals surface area contributed by atoms with Gasteiger partial charge in [0, 0.05) is 26.6 Å². The first-order valence-electron chi connectivity index (χ1n) is 5.99. The Kier molecular flexibility index (Phi) is 6.76. The Balaban J connectivity index is 1.88. The highest BCUT2D eigenvalue weighted by atomic mass is 16.2. The van der Waals surface area contributed by atoms with Crippen molar-refractivity contribution in [3.8, 4) is 0 Å². The summed E-state index contributed by atoms with van der Waals surface area (Å²) in [5, 5.41) is 16.2. The van der Waals surface area contributed by atoms with Gasteiger partial charge in [0.05, 0.1) is 0 Å². The Bertz CT molecular complexity index is 275. The summed E-state index contributed by atoms with van der Waals surface area (Å²) >= 11 is 0. The number of aliphatic hydroxyl groups is 1. The molecule has 0 aromatic carbocycles. The molecule has 16 heavy (non-hydrogen) atoms. The van der Waals surface area contributed by atoms with Gasteiger partial charge < -0.3 is 10.4 Å². The van der Waals surface area contributed by atoms with Crippen molar-refractivity contribution < 1.29 is 5.11 Å². The molecular formula is C11H22N4O. The van der Waals surface area contributed by atoms with E-state index in [1.807, 2.05) is 7.05 Å². The largest absolute Gasteiger partial charge is 0.396 e. The standard InChI is InChI=1S/C11H22N4O/c1-15-10-13-11(14-15)6-8-12-7-4-2-3-5-9-16/h10,12,16H,2-9H2,1H3. The minimum atomic E-state index is 0.318. The molecule has 0 aliphatic heterocycles. The van der Waals surface area contributed by atoms with E-state index in [9.17, 15) is 0 Å². The van der Waals surface area contributed by atoms with Crippen LogP contribution in [0.1, 0.15) is 31.5 Å². The van der Waals surface area contributed by atoms with Crippen molar-refractivity contribution in [2.45, 2.75) is 32.1 Å². The summed E-state index contributed by atoms with van der Waals surface area (Å²) in [7, 11) is 1.88. The highest BCUT2D eigenvalue weighted by molar-refractivity contribution is 4.81. The van der Waals surface area contributed by atoms with Gasteiger partial charge in [0.25, 0.3) is 0 Å². The van der Waals surface area contributed by atoms with Crippen LogP contribution >= 0.6 is 0 Å². The first-order chi connectivity index (χ1) is 7.83. The number of unbranched alkanes of at least 4 members (excludes halogenated alkanes) is 3. The smallest absolute Gasteiger partial charge is 0.151 e. The summed E-state index contributed by atoms with van der Waals surface area (Å²) in [5.74, 6) is 0.898. The first kappa shape index (κ1) is 13.1. The van der Waals surface area contributed by atoms with Crippen LogP contribution in [0.3, 0.4) is 0 Å². The highest BCUT2D eigenvalue weighted by Gasteiger charge is 1.97. The summed E-state index contributed by atoms with van der Waals surface area (Å²) < 4.78 is 1.73. The quantitative estimate of drug-likeness (QED) is 0.602. The average Bonchev–Trinajstić information content (AvgIpc) is 2.68. The minimum absolute atomic E-state index is 0.318. The molecular weight excluding hydrogens is 204 g/mol. The molecule has 5 heteroatoms. The molecule has 0 saturated carbocycles. The van der Waals surface area contributed by atoms with E-state index in [1.54, 1.807) is 11.0 Å². The van der Waals surface area contributed by atoms with Crippen molar-refractivity contribution in [3.05, 3.63) is 12.2 Å². The minimum Gasteiger partial charge on any atom is -0.396 e. The van der Waals surface area contributed by atoms with Gasteiger partial charge in [-0.1, -0.05) is 12.8 Å². The van der Waals surface area contributed by atoms with Crippen LogP contribution < -0.4 is 5.32 Å². The van der Waals surface area contributed by atoms with Crippen LogP contribution in [0.2, 0.25) is 0 Å². The first-order valence-corrected chi connectivity index (χ1v) is 5.99. The molecule has 0 fully saturated rings.